The van der Waals surface area contributed by atoms with Crippen LogP contribution in [0.1, 0.15) is 51.4 Å². The lowest BCUT2D eigenvalue weighted by Crippen LogP contribution is -2.18. The molecule has 3 rings (SSSR count). The van der Waals surface area contributed by atoms with Gasteiger partial charge in [-0.25, -0.2) is 0 Å². The second-order valence-corrected chi connectivity index (χ2v) is 7.94. The van der Waals surface area contributed by atoms with E-state index in [-0.39, 0.29) is 11.8 Å². The van der Waals surface area contributed by atoms with Crippen molar-refractivity contribution in [3.05, 3.63) is 88.7 Å². The fourth-order valence-electron chi connectivity index (χ4n) is 3.00. The summed E-state index contributed by atoms with van der Waals surface area (Å²) in [4.78, 5) is 29.7. The van der Waals surface area contributed by atoms with E-state index < -0.39 is 5.41 Å². The Balaban J connectivity index is 1.79. The zero-order valence-corrected chi connectivity index (χ0v) is 18.0. The monoisotopic (exact) mass is 412 g/mol. The summed E-state index contributed by atoms with van der Waals surface area (Å²) in [5.74, 6) is -0.592. The van der Waals surface area contributed by atoms with E-state index in [1.165, 1.54) is 0 Å². The van der Waals surface area contributed by atoms with E-state index in [1.54, 1.807) is 62.5 Å². The number of carbonyl (C=O) groups excluding carboxylic acids is 2. The number of nitrogens with one attached hydrogen (secondary N) is 2. The van der Waals surface area contributed by atoms with Gasteiger partial charge in [0.2, 0.25) is 0 Å². The van der Waals surface area contributed by atoms with E-state index >= 15 is 0 Å². The fourth-order valence-corrected chi connectivity index (χ4v) is 3.00. The van der Waals surface area contributed by atoms with Crippen LogP contribution in [0.2, 0.25) is 0 Å². The summed E-state index contributed by atoms with van der Waals surface area (Å²) in [6, 6.07) is 18.0. The molecule has 0 atom stereocenters. The van der Waals surface area contributed by atoms with Gasteiger partial charge in [0.15, 0.2) is 0 Å². The Morgan fingerprint density at radius 3 is 2.32 bits per heavy atom. The van der Waals surface area contributed by atoms with Gasteiger partial charge in [0, 0.05) is 22.5 Å². The third-order valence-corrected chi connectivity index (χ3v) is 5.04. The molecule has 0 radical (unpaired) electrons. The summed E-state index contributed by atoms with van der Waals surface area (Å²) in [5, 5.41) is 15.0. The molecule has 6 heteroatoms. The van der Waals surface area contributed by atoms with Gasteiger partial charge in [0.1, 0.15) is 0 Å². The minimum Gasteiger partial charge on any atom is -0.322 e. The summed E-state index contributed by atoms with van der Waals surface area (Å²) in [5.41, 5.74) is 3.72. The zero-order chi connectivity index (χ0) is 22.6. The summed E-state index contributed by atoms with van der Waals surface area (Å²) < 4.78 is 0. The van der Waals surface area contributed by atoms with Crippen LogP contribution in [-0.4, -0.2) is 16.8 Å². The second-order valence-electron chi connectivity index (χ2n) is 7.94. The molecule has 0 unspecified atom stereocenters. The number of aromatic nitrogens is 1. The Kier molecular flexibility index (Phi) is 6.17. The van der Waals surface area contributed by atoms with Gasteiger partial charge in [-0.2, -0.15) is 5.26 Å². The van der Waals surface area contributed by atoms with Crippen molar-refractivity contribution < 1.29 is 9.59 Å². The van der Waals surface area contributed by atoms with Crippen LogP contribution in [0, 0.1) is 25.2 Å². The van der Waals surface area contributed by atoms with Gasteiger partial charge in [-0.15, -0.1) is 0 Å². The molecule has 0 bridgehead atoms. The summed E-state index contributed by atoms with van der Waals surface area (Å²) in [7, 11) is 0. The minimum atomic E-state index is -0.698. The Morgan fingerprint density at radius 2 is 1.65 bits per heavy atom. The minimum absolute atomic E-state index is 0.281. The van der Waals surface area contributed by atoms with Crippen LogP contribution < -0.4 is 10.6 Å². The predicted octanol–water partition coefficient (Wildman–Crippen LogP) is 5.00. The lowest BCUT2D eigenvalue weighted by molar-refractivity contribution is 0.101. The Labute approximate surface area is 182 Å². The third-order valence-electron chi connectivity index (χ3n) is 5.04. The van der Waals surface area contributed by atoms with Crippen LogP contribution in [0.15, 0.2) is 60.8 Å². The van der Waals surface area contributed by atoms with Crippen molar-refractivity contribution in [3.8, 4) is 6.07 Å². The molecule has 2 amide bonds. The number of rotatable bonds is 5. The first-order valence-electron chi connectivity index (χ1n) is 9.87. The van der Waals surface area contributed by atoms with E-state index in [0.29, 0.717) is 22.5 Å². The first-order valence-corrected chi connectivity index (χ1v) is 9.87. The molecule has 0 aliphatic carbocycles. The van der Waals surface area contributed by atoms with Crippen molar-refractivity contribution in [2.75, 3.05) is 10.6 Å². The van der Waals surface area contributed by atoms with Crippen molar-refractivity contribution in [1.82, 2.24) is 4.98 Å². The fraction of sp³-hybridized carbons (Fsp3) is 0.200. The predicted molar refractivity (Wildman–Crippen MR) is 121 cm³/mol. The quantitative estimate of drug-likeness (QED) is 0.616. The molecule has 0 aliphatic heterocycles. The molecule has 1 heterocycles. The van der Waals surface area contributed by atoms with E-state index in [0.717, 1.165) is 16.8 Å². The highest BCUT2D eigenvalue weighted by Gasteiger charge is 2.21. The molecular weight excluding hydrogens is 388 g/mol. The van der Waals surface area contributed by atoms with Gasteiger partial charge < -0.3 is 10.6 Å². The number of nitrogens with zero attached hydrogens (tertiary/aromatic N) is 2. The molecular formula is C25H24N4O2. The van der Waals surface area contributed by atoms with Crippen LogP contribution >= 0.6 is 0 Å². The first kappa shape index (κ1) is 21.7. The maximum Gasteiger partial charge on any atom is 0.256 e. The topological polar surface area (TPSA) is 94.9 Å². The SMILES string of the molecule is Cc1ccc(NC(=O)c2cc(NC(=O)c3cccc(C(C)(C)C#N)c3)ccc2C)cn1. The molecule has 2 N–H and O–H groups in total. The molecule has 0 aliphatic rings. The number of pyridine rings is 1. The molecule has 3 aromatic rings. The highest BCUT2D eigenvalue weighted by atomic mass is 16.2. The third kappa shape index (κ3) is 5.14. The van der Waals surface area contributed by atoms with Gasteiger partial charge in [-0.05, 0) is 75.2 Å². The average Bonchev–Trinajstić information content (AvgIpc) is 2.76. The first-order chi connectivity index (χ1) is 14.7. The van der Waals surface area contributed by atoms with E-state index in [1.807, 2.05) is 26.0 Å². The van der Waals surface area contributed by atoms with Crippen molar-refractivity contribution in [1.29, 1.82) is 5.26 Å². The molecule has 156 valence electrons. The largest absolute Gasteiger partial charge is 0.322 e. The van der Waals surface area contributed by atoms with Gasteiger partial charge >= 0.3 is 0 Å². The molecule has 1 aromatic heterocycles. The highest BCUT2D eigenvalue weighted by molar-refractivity contribution is 6.08. The number of aryl methyl sites for hydroxylation is 2. The van der Waals surface area contributed by atoms with Gasteiger partial charge in [-0.1, -0.05) is 18.2 Å². The van der Waals surface area contributed by atoms with E-state index in [4.69, 9.17) is 0 Å². The van der Waals surface area contributed by atoms with Crippen LogP contribution in [0.25, 0.3) is 0 Å². The van der Waals surface area contributed by atoms with Gasteiger partial charge in [-0.3, -0.25) is 14.6 Å². The summed E-state index contributed by atoms with van der Waals surface area (Å²) in [6.45, 7) is 7.32. The lowest BCUT2D eigenvalue weighted by atomic mass is 9.85. The van der Waals surface area contributed by atoms with Crippen LogP contribution in [0.3, 0.4) is 0 Å². The maximum absolute atomic E-state index is 12.8. The second kappa shape index (κ2) is 8.80. The number of benzene rings is 2. The zero-order valence-electron chi connectivity index (χ0n) is 18.0. The van der Waals surface area contributed by atoms with Crippen molar-refractivity contribution in [2.45, 2.75) is 33.1 Å². The Hall–Kier alpha value is -3.98. The van der Waals surface area contributed by atoms with Gasteiger partial charge in [0.05, 0.1) is 23.4 Å². The Morgan fingerprint density at radius 1 is 0.935 bits per heavy atom. The standard InChI is InChI=1S/C25H24N4O2/c1-16-8-10-20(13-22(16)24(31)29-21-11-9-17(2)27-14-21)28-23(30)18-6-5-7-19(12-18)25(3,4)15-26/h5-14H,1-4H3,(H,28,30)(H,29,31). The number of nitriles is 1. The molecule has 2 aromatic carbocycles. The number of carbonyl (C=O) groups is 2. The normalized spacial score (nSPS) is 10.8. The van der Waals surface area contributed by atoms with Crippen LogP contribution in [0.4, 0.5) is 11.4 Å². The van der Waals surface area contributed by atoms with Crippen molar-refractivity contribution >= 4 is 23.2 Å². The van der Waals surface area contributed by atoms with Gasteiger partial charge in [0.25, 0.3) is 11.8 Å². The summed E-state index contributed by atoms with van der Waals surface area (Å²) in [6.07, 6.45) is 1.60. The number of anilines is 2. The maximum atomic E-state index is 12.8. The molecule has 6 nitrogen and oxygen atoms in total. The van der Waals surface area contributed by atoms with Crippen LogP contribution in [-0.2, 0) is 5.41 Å². The molecule has 0 saturated carbocycles. The number of amides is 2. The summed E-state index contributed by atoms with van der Waals surface area (Å²) >= 11 is 0. The highest BCUT2D eigenvalue weighted by Crippen LogP contribution is 2.24. The molecule has 0 fully saturated rings. The van der Waals surface area contributed by atoms with E-state index in [2.05, 4.69) is 21.7 Å². The Bertz CT molecular complexity index is 1170. The lowest BCUT2D eigenvalue weighted by Gasteiger charge is -2.16. The van der Waals surface area contributed by atoms with E-state index in [9.17, 15) is 14.9 Å². The van der Waals surface area contributed by atoms with Crippen molar-refractivity contribution in [2.24, 2.45) is 0 Å². The average molecular weight is 412 g/mol. The van der Waals surface area contributed by atoms with Crippen LogP contribution in [0.5, 0.6) is 0 Å². The molecule has 31 heavy (non-hydrogen) atoms. The number of hydrogen-bond donors (Lipinski definition) is 2. The smallest absolute Gasteiger partial charge is 0.256 e. The van der Waals surface area contributed by atoms with Crippen molar-refractivity contribution in [3.63, 3.8) is 0 Å². The molecule has 0 spiro atoms. The number of hydrogen-bond acceptors (Lipinski definition) is 4. The molecule has 0 saturated heterocycles.